The molecule has 0 aliphatic heterocycles. The first-order valence-electron chi connectivity index (χ1n) is 5.16. The van der Waals surface area contributed by atoms with E-state index in [9.17, 15) is 0 Å². The predicted molar refractivity (Wildman–Crippen MR) is 62.5 cm³/mol. The highest BCUT2D eigenvalue weighted by Crippen LogP contribution is 2.12. The van der Waals surface area contributed by atoms with E-state index in [0.717, 1.165) is 24.4 Å². The fourth-order valence-corrected chi connectivity index (χ4v) is 1.60. The zero-order valence-electron chi connectivity index (χ0n) is 9.26. The molecular weight excluding hydrogens is 202 g/mol. The third-order valence-corrected chi connectivity index (χ3v) is 2.37. The van der Waals surface area contributed by atoms with Crippen molar-refractivity contribution in [2.24, 2.45) is 0 Å². The summed E-state index contributed by atoms with van der Waals surface area (Å²) in [6.45, 7) is 1.53. The molecule has 16 heavy (non-hydrogen) atoms. The Morgan fingerprint density at radius 3 is 2.88 bits per heavy atom. The van der Waals surface area contributed by atoms with Crippen LogP contribution in [0.2, 0.25) is 0 Å². The van der Waals surface area contributed by atoms with Crippen molar-refractivity contribution < 1.29 is 4.42 Å². The lowest BCUT2D eigenvalue weighted by atomic mass is 10.2. The molecule has 0 atom stereocenters. The smallest absolute Gasteiger partial charge is 0.127 e. The van der Waals surface area contributed by atoms with Gasteiger partial charge in [-0.2, -0.15) is 0 Å². The molecule has 0 saturated carbocycles. The number of hydrogen-bond donors (Lipinski definition) is 1. The summed E-state index contributed by atoms with van der Waals surface area (Å²) in [7, 11) is 2.02. The van der Waals surface area contributed by atoms with Gasteiger partial charge >= 0.3 is 0 Å². The maximum Gasteiger partial charge on any atom is 0.127 e. The number of anilines is 1. The molecule has 4 heteroatoms. The van der Waals surface area contributed by atoms with Crippen LogP contribution in [0.1, 0.15) is 11.3 Å². The molecule has 84 valence electrons. The molecule has 2 rings (SSSR count). The van der Waals surface area contributed by atoms with Crippen LogP contribution in [-0.2, 0) is 13.1 Å². The number of aromatic nitrogens is 1. The summed E-state index contributed by atoms with van der Waals surface area (Å²) in [5.74, 6) is 1.54. The average Bonchev–Trinajstić information content (AvgIpc) is 2.74. The van der Waals surface area contributed by atoms with Gasteiger partial charge in [0.1, 0.15) is 11.6 Å². The van der Waals surface area contributed by atoms with Crippen molar-refractivity contribution in [2.45, 2.75) is 13.1 Å². The Morgan fingerprint density at radius 1 is 1.31 bits per heavy atom. The Labute approximate surface area is 94.7 Å². The monoisotopic (exact) mass is 217 g/mol. The van der Waals surface area contributed by atoms with Gasteiger partial charge in [0, 0.05) is 18.3 Å². The second kappa shape index (κ2) is 4.81. The highest BCUT2D eigenvalue weighted by Gasteiger charge is 2.06. The fraction of sp³-hybridized carbons (Fsp3) is 0.250. The quantitative estimate of drug-likeness (QED) is 0.849. The summed E-state index contributed by atoms with van der Waals surface area (Å²) in [4.78, 5) is 6.19. The first kappa shape index (κ1) is 10.7. The van der Waals surface area contributed by atoms with Crippen molar-refractivity contribution in [3.8, 4) is 0 Å². The van der Waals surface area contributed by atoms with Gasteiger partial charge in [-0.25, -0.2) is 4.98 Å². The highest BCUT2D eigenvalue weighted by atomic mass is 16.3. The van der Waals surface area contributed by atoms with Gasteiger partial charge in [-0.05, 0) is 25.2 Å². The van der Waals surface area contributed by atoms with Crippen molar-refractivity contribution >= 4 is 5.82 Å². The fourth-order valence-electron chi connectivity index (χ4n) is 1.60. The van der Waals surface area contributed by atoms with Gasteiger partial charge in [-0.3, -0.25) is 4.90 Å². The number of nitrogens with two attached hydrogens (primary N) is 1. The Kier molecular flexibility index (Phi) is 3.22. The Bertz CT molecular complexity index is 439. The van der Waals surface area contributed by atoms with Gasteiger partial charge in [0.2, 0.25) is 0 Å². The normalized spacial score (nSPS) is 10.9. The minimum Gasteiger partial charge on any atom is -0.468 e. The lowest BCUT2D eigenvalue weighted by Gasteiger charge is -2.15. The van der Waals surface area contributed by atoms with E-state index < -0.39 is 0 Å². The van der Waals surface area contributed by atoms with Gasteiger partial charge < -0.3 is 10.2 Å². The zero-order valence-corrected chi connectivity index (χ0v) is 9.26. The molecule has 0 saturated heterocycles. The molecule has 0 spiro atoms. The summed E-state index contributed by atoms with van der Waals surface area (Å²) >= 11 is 0. The van der Waals surface area contributed by atoms with Crippen molar-refractivity contribution in [1.29, 1.82) is 0 Å². The zero-order chi connectivity index (χ0) is 11.4. The van der Waals surface area contributed by atoms with Gasteiger partial charge in [-0.15, -0.1) is 0 Å². The van der Waals surface area contributed by atoms with E-state index in [-0.39, 0.29) is 0 Å². The van der Waals surface area contributed by atoms with E-state index in [1.165, 1.54) is 0 Å². The van der Waals surface area contributed by atoms with Crippen molar-refractivity contribution in [2.75, 3.05) is 12.8 Å². The van der Waals surface area contributed by atoms with Gasteiger partial charge in [-0.1, -0.05) is 6.07 Å². The summed E-state index contributed by atoms with van der Waals surface area (Å²) in [5, 5.41) is 0. The van der Waals surface area contributed by atoms with E-state index in [0.29, 0.717) is 5.82 Å². The maximum atomic E-state index is 5.78. The molecule has 2 aromatic rings. The van der Waals surface area contributed by atoms with E-state index in [1.54, 1.807) is 12.5 Å². The van der Waals surface area contributed by atoms with E-state index >= 15 is 0 Å². The molecule has 0 unspecified atom stereocenters. The van der Waals surface area contributed by atoms with E-state index in [1.807, 2.05) is 31.3 Å². The molecule has 2 heterocycles. The summed E-state index contributed by atoms with van der Waals surface area (Å²) in [6.07, 6.45) is 3.38. The van der Waals surface area contributed by atoms with Crippen LogP contribution in [0.4, 0.5) is 5.82 Å². The van der Waals surface area contributed by atoms with Crippen molar-refractivity contribution in [1.82, 2.24) is 9.88 Å². The molecule has 0 aliphatic rings. The number of nitrogens with zero attached hydrogens (tertiary/aromatic N) is 2. The van der Waals surface area contributed by atoms with Crippen LogP contribution in [-0.4, -0.2) is 16.9 Å². The highest BCUT2D eigenvalue weighted by molar-refractivity contribution is 5.38. The van der Waals surface area contributed by atoms with Crippen molar-refractivity contribution in [3.63, 3.8) is 0 Å². The number of furan rings is 1. The average molecular weight is 217 g/mol. The van der Waals surface area contributed by atoms with Crippen molar-refractivity contribution in [3.05, 3.63) is 48.0 Å². The Balaban J connectivity index is 1.97. The second-order valence-corrected chi connectivity index (χ2v) is 3.80. The molecule has 2 aromatic heterocycles. The number of nitrogen functional groups attached to an aromatic ring is 1. The number of pyridine rings is 1. The van der Waals surface area contributed by atoms with Gasteiger partial charge in [0.15, 0.2) is 0 Å². The molecule has 0 amide bonds. The van der Waals surface area contributed by atoms with E-state index in [2.05, 4.69) is 9.88 Å². The molecule has 0 radical (unpaired) electrons. The largest absolute Gasteiger partial charge is 0.468 e. The molecular formula is C12H15N3O. The lowest BCUT2D eigenvalue weighted by molar-refractivity contribution is 0.288. The van der Waals surface area contributed by atoms with Crippen LogP contribution in [0, 0.1) is 0 Å². The summed E-state index contributed by atoms with van der Waals surface area (Å²) < 4.78 is 5.28. The topological polar surface area (TPSA) is 55.3 Å². The van der Waals surface area contributed by atoms with Crippen LogP contribution in [0.3, 0.4) is 0 Å². The molecule has 0 aliphatic carbocycles. The number of rotatable bonds is 4. The standard InChI is InChI=1S/C12H15N3O/c1-15(9-11-5-3-7-16-11)8-10-4-2-6-14-12(10)13/h2-7H,8-9H2,1H3,(H2,13,14). The van der Waals surface area contributed by atoms with Crippen LogP contribution < -0.4 is 5.73 Å². The lowest BCUT2D eigenvalue weighted by Crippen LogP contribution is -2.18. The maximum absolute atomic E-state index is 5.78. The first-order chi connectivity index (χ1) is 7.75. The second-order valence-electron chi connectivity index (χ2n) is 3.80. The van der Waals surface area contributed by atoms with Crippen LogP contribution in [0.25, 0.3) is 0 Å². The van der Waals surface area contributed by atoms with Crippen LogP contribution >= 0.6 is 0 Å². The Morgan fingerprint density at radius 2 is 2.19 bits per heavy atom. The first-order valence-corrected chi connectivity index (χ1v) is 5.16. The van der Waals surface area contributed by atoms with Crippen LogP contribution in [0.15, 0.2) is 41.1 Å². The molecule has 4 nitrogen and oxygen atoms in total. The number of hydrogen-bond acceptors (Lipinski definition) is 4. The van der Waals surface area contributed by atoms with Gasteiger partial charge in [0.05, 0.1) is 12.8 Å². The predicted octanol–water partition coefficient (Wildman–Crippen LogP) is 1.89. The molecule has 2 N–H and O–H groups in total. The van der Waals surface area contributed by atoms with Gasteiger partial charge in [0.25, 0.3) is 0 Å². The molecule has 0 fully saturated rings. The minimum atomic E-state index is 0.591. The molecule has 0 aromatic carbocycles. The van der Waals surface area contributed by atoms with E-state index in [4.69, 9.17) is 10.2 Å². The molecule has 0 bridgehead atoms. The van der Waals surface area contributed by atoms with Crippen LogP contribution in [0.5, 0.6) is 0 Å². The SMILES string of the molecule is CN(Cc1ccco1)Cc1cccnc1N. The third-order valence-electron chi connectivity index (χ3n) is 2.37. The summed E-state index contributed by atoms with van der Waals surface area (Å²) in [5.41, 5.74) is 6.82. The third kappa shape index (κ3) is 2.61. The minimum absolute atomic E-state index is 0.591. The Hall–Kier alpha value is -1.81. The summed E-state index contributed by atoms with van der Waals surface area (Å²) in [6, 6.07) is 7.73.